The van der Waals surface area contributed by atoms with E-state index in [0.29, 0.717) is 5.33 Å². The first-order valence-corrected chi connectivity index (χ1v) is 4.54. The number of Topliss-reactive ketones (excluding diaryl/α,β-unsaturated/α-hetero) is 1. The highest BCUT2D eigenvalue weighted by Gasteiger charge is 2.36. The standard InChI is InChI=1S/C7H11BrO2/c1-7(6(9)5-8)3-2-4-10-7/h2-5H2,1H3. The molecule has 0 saturated carbocycles. The van der Waals surface area contributed by atoms with Crippen LogP contribution in [0, 0.1) is 0 Å². The molecule has 10 heavy (non-hydrogen) atoms. The van der Waals surface area contributed by atoms with Gasteiger partial charge < -0.3 is 4.74 Å². The Morgan fingerprint density at radius 1 is 1.80 bits per heavy atom. The molecule has 3 heteroatoms. The van der Waals surface area contributed by atoms with Gasteiger partial charge in [0.2, 0.25) is 0 Å². The second kappa shape index (κ2) is 3.01. The van der Waals surface area contributed by atoms with E-state index >= 15 is 0 Å². The molecule has 0 bridgehead atoms. The summed E-state index contributed by atoms with van der Waals surface area (Å²) in [4.78, 5) is 11.2. The Morgan fingerprint density at radius 2 is 2.50 bits per heavy atom. The van der Waals surface area contributed by atoms with E-state index in [1.807, 2.05) is 6.92 Å². The van der Waals surface area contributed by atoms with Crippen LogP contribution in [-0.4, -0.2) is 23.3 Å². The van der Waals surface area contributed by atoms with Gasteiger partial charge >= 0.3 is 0 Å². The number of hydrogen-bond acceptors (Lipinski definition) is 2. The number of hydrogen-bond donors (Lipinski definition) is 0. The van der Waals surface area contributed by atoms with Gasteiger partial charge in [-0.3, -0.25) is 4.79 Å². The summed E-state index contributed by atoms with van der Waals surface area (Å²) in [6.45, 7) is 2.60. The minimum atomic E-state index is -0.483. The Labute approximate surface area is 69.1 Å². The van der Waals surface area contributed by atoms with E-state index in [1.165, 1.54) is 0 Å². The summed E-state index contributed by atoms with van der Waals surface area (Å²) in [5.41, 5.74) is -0.483. The molecule has 0 aromatic heterocycles. The topological polar surface area (TPSA) is 26.3 Å². The quantitative estimate of drug-likeness (QED) is 0.641. The first-order chi connectivity index (χ1) is 4.69. The maximum absolute atomic E-state index is 11.2. The van der Waals surface area contributed by atoms with Crippen molar-refractivity contribution in [2.75, 3.05) is 11.9 Å². The van der Waals surface area contributed by atoms with E-state index in [4.69, 9.17) is 4.74 Å². The molecule has 1 unspecified atom stereocenters. The Hall–Kier alpha value is 0.110. The zero-order valence-electron chi connectivity index (χ0n) is 6.02. The monoisotopic (exact) mass is 206 g/mol. The lowest BCUT2D eigenvalue weighted by Crippen LogP contribution is -2.35. The summed E-state index contributed by atoms with van der Waals surface area (Å²) in [6.07, 6.45) is 1.88. The van der Waals surface area contributed by atoms with Gasteiger partial charge in [0.25, 0.3) is 0 Å². The molecule has 1 aliphatic rings. The van der Waals surface area contributed by atoms with Crippen LogP contribution in [0.2, 0.25) is 0 Å². The highest BCUT2D eigenvalue weighted by atomic mass is 79.9. The maximum atomic E-state index is 11.2. The molecule has 0 aromatic carbocycles. The molecule has 1 atom stereocenters. The summed E-state index contributed by atoms with van der Waals surface area (Å²) in [5, 5.41) is 0.406. The van der Waals surface area contributed by atoms with E-state index < -0.39 is 5.60 Å². The minimum Gasteiger partial charge on any atom is -0.367 e. The van der Waals surface area contributed by atoms with Crippen molar-refractivity contribution in [3.63, 3.8) is 0 Å². The molecule has 0 spiro atoms. The maximum Gasteiger partial charge on any atom is 0.174 e. The van der Waals surface area contributed by atoms with Crippen molar-refractivity contribution in [3.8, 4) is 0 Å². The van der Waals surface area contributed by atoms with E-state index in [-0.39, 0.29) is 5.78 Å². The molecule has 1 aliphatic heterocycles. The average Bonchev–Trinajstić information content (AvgIpc) is 2.36. The number of ether oxygens (including phenoxy) is 1. The molecule has 1 fully saturated rings. The van der Waals surface area contributed by atoms with E-state index in [0.717, 1.165) is 19.4 Å². The van der Waals surface area contributed by atoms with Crippen molar-refractivity contribution < 1.29 is 9.53 Å². The molecule has 0 radical (unpaired) electrons. The van der Waals surface area contributed by atoms with Crippen LogP contribution in [0.5, 0.6) is 0 Å². The molecule has 1 heterocycles. The predicted octanol–water partition coefficient (Wildman–Crippen LogP) is 1.52. The highest BCUT2D eigenvalue weighted by Crippen LogP contribution is 2.26. The van der Waals surface area contributed by atoms with Gasteiger partial charge in [-0.25, -0.2) is 0 Å². The van der Waals surface area contributed by atoms with Crippen molar-refractivity contribution in [1.82, 2.24) is 0 Å². The van der Waals surface area contributed by atoms with E-state index in [2.05, 4.69) is 15.9 Å². The summed E-state index contributed by atoms with van der Waals surface area (Å²) in [5.74, 6) is 0.157. The van der Waals surface area contributed by atoms with Gasteiger partial charge in [0.1, 0.15) is 5.60 Å². The smallest absolute Gasteiger partial charge is 0.174 e. The van der Waals surface area contributed by atoms with Crippen LogP contribution in [-0.2, 0) is 9.53 Å². The van der Waals surface area contributed by atoms with Crippen LogP contribution >= 0.6 is 15.9 Å². The largest absolute Gasteiger partial charge is 0.367 e. The normalized spacial score (nSPS) is 32.6. The number of halogens is 1. The first kappa shape index (κ1) is 8.21. The van der Waals surface area contributed by atoms with Gasteiger partial charge in [-0.1, -0.05) is 15.9 Å². The molecule has 1 saturated heterocycles. The summed E-state index contributed by atoms with van der Waals surface area (Å²) < 4.78 is 5.31. The van der Waals surface area contributed by atoms with Crippen molar-refractivity contribution >= 4 is 21.7 Å². The minimum absolute atomic E-state index is 0.157. The SMILES string of the molecule is CC1(C(=O)CBr)CCCO1. The summed E-state index contributed by atoms with van der Waals surface area (Å²) >= 11 is 3.13. The Kier molecular flexibility index (Phi) is 2.47. The molecule has 58 valence electrons. The number of ketones is 1. The Bertz CT molecular complexity index is 139. The van der Waals surface area contributed by atoms with Crippen LogP contribution < -0.4 is 0 Å². The fourth-order valence-corrected chi connectivity index (χ4v) is 1.73. The third-order valence-corrected chi connectivity index (χ3v) is 2.44. The third-order valence-electron chi connectivity index (χ3n) is 1.93. The van der Waals surface area contributed by atoms with Gasteiger partial charge in [0.05, 0.1) is 5.33 Å². The molecular formula is C7H11BrO2. The second-order valence-corrected chi connectivity index (χ2v) is 3.30. The third kappa shape index (κ3) is 1.40. The lowest BCUT2D eigenvalue weighted by Gasteiger charge is -2.19. The lowest BCUT2D eigenvalue weighted by molar-refractivity contribution is -0.134. The molecule has 0 aliphatic carbocycles. The average molecular weight is 207 g/mol. The molecule has 0 aromatic rings. The first-order valence-electron chi connectivity index (χ1n) is 3.42. The van der Waals surface area contributed by atoms with Crippen molar-refractivity contribution in [2.24, 2.45) is 0 Å². The zero-order valence-corrected chi connectivity index (χ0v) is 7.61. The Balaban J connectivity index is 2.58. The number of carbonyl (C=O) groups excluding carboxylic acids is 1. The predicted molar refractivity (Wildman–Crippen MR) is 42.4 cm³/mol. The van der Waals surface area contributed by atoms with Gasteiger partial charge in [0.15, 0.2) is 5.78 Å². The molecule has 2 nitrogen and oxygen atoms in total. The van der Waals surface area contributed by atoms with Crippen LogP contribution in [0.4, 0.5) is 0 Å². The molecule has 0 N–H and O–H groups in total. The van der Waals surface area contributed by atoms with Gasteiger partial charge in [-0.2, -0.15) is 0 Å². The van der Waals surface area contributed by atoms with Crippen molar-refractivity contribution in [3.05, 3.63) is 0 Å². The number of carbonyl (C=O) groups is 1. The number of alkyl halides is 1. The highest BCUT2D eigenvalue weighted by molar-refractivity contribution is 9.09. The summed E-state index contributed by atoms with van der Waals surface area (Å²) in [6, 6.07) is 0. The number of rotatable bonds is 2. The Morgan fingerprint density at radius 3 is 2.90 bits per heavy atom. The zero-order chi connectivity index (χ0) is 7.61. The van der Waals surface area contributed by atoms with Gasteiger partial charge in [0, 0.05) is 6.61 Å². The van der Waals surface area contributed by atoms with Crippen LogP contribution in [0.1, 0.15) is 19.8 Å². The lowest BCUT2D eigenvalue weighted by atomic mass is 9.99. The van der Waals surface area contributed by atoms with Gasteiger partial charge in [-0.15, -0.1) is 0 Å². The van der Waals surface area contributed by atoms with Crippen molar-refractivity contribution in [2.45, 2.75) is 25.4 Å². The fourth-order valence-electron chi connectivity index (χ4n) is 1.14. The van der Waals surface area contributed by atoms with Crippen LogP contribution in [0.3, 0.4) is 0 Å². The van der Waals surface area contributed by atoms with Gasteiger partial charge in [-0.05, 0) is 19.8 Å². The molecular weight excluding hydrogens is 196 g/mol. The van der Waals surface area contributed by atoms with E-state index in [1.54, 1.807) is 0 Å². The summed E-state index contributed by atoms with van der Waals surface area (Å²) in [7, 11) is 0. The van der Waals surface area contributed by atoms with Crippen molar-refractivity contribution in [1.29, 1.82) is 0 Å². The molecule has 0 amide bonds. The molecule has 1 rings (SSSR count). The van der Waals surface area contributed by atoms with Crippen LogP contribution in [0.25, 0.3) is 0 Å². The fraction of sp³-hybridized carbons (Fsp3) is 0.857. The van der Waals surface area contributed by atoms with Crippen LogP contribution in [0.15, 0.2) is 0 Å². The van der Waals surface area contributed by atoms with E-state index in [9.17, 15) is 4.79 Å². The second-order valence-electron chi connectivity index (χ2n) is 2.74.